The molecule has 0 aliphatic carbocycles. The summed E-state index contributed by atoms with van der Waals surface area (Å²) >= 11 is 5.52. The lowest BCUT2D eigenvalue weighted by Crippen LogP contribution is -3.12. The van der Waals surface area contributed by atoms with Crippen molar-refractivity contribution in [2.75, 3.05) is 13.1 Å². The Morgan fingerprint density at radius 2 is 1.95 bits per heavy atom. The van der Waals surface area contributed by atoms with E-state index in [1.165, 1.54) is 10.5 Å². The van der Waals surface area contributed by atoms with E-state index < -0.39 is 0 Å². The molecule has 1 aliphatic heterocycles. The summed E-state index contributed by atoms with van der Waals surface area (Å²) in [4.78, 5) is 1.44. The minimum atomic E-state index is -0.130. The zero-order chi connectivity index (χ0) is 15.5. The summed E-state index contributed by atoms with van der Waals surface area (Å²) in [7, 11) is 1.99. The number of hydrogen-bond acceptors (Lipinski definition) is 3. The topological polar surface area (TPSA) is 47.4 Å². The van der Waals surface area contributed by atoms with E-state index in [0.717, 1.165) is 49.6 Å². The molecule has 0 unspecified atom stereocenters. The Bertz CT molecular complexity index is 671. The molecule has 1 fully saturated rings. The molecule has 6 heteroatoms. The fraction of sp³-hybridized carbons (Fsp3) is 0.500. The van der Waals surface area contributed by atoms with Crippen molar-refractivity contribution >= 4 is 12.2 Å². The van der Waals surface area contributed by atoms with Crippen molar-refractivity contribution in [1.29, 1.82) is 0 Å². The second kappa shape index (κ2) is 6.73. The average Bonchev–Trinajstić information content (AvgIpc) is 2.79. The van der Waals surface area contributed by atoms with Gasteiger partial charge >= 0.3 is 0 Å². The number of rotatable bonds is 4. The third kappa shape index (κ3) is 3.45. The van der Waals surface area contributed by atoms with Crippen LogP contribution in [0.2, 0.25) is 0 Å². The number of quaternary nitrogens is 1. The lowest BCUT2D eigenvalue weighted by molar-refractivity contribution is -0.929. The number of nitrogens with zero attached hydrogens (tertiary/aromatic N) is 3. The largest absolute Gasteiger partial charge is 0.393 e. The van der Waals surface area contributed by atoms with Crippen LogP contribution in [0.15, 0.2) is 30.3 Å². The van der Waals surface area contributed by atoms with E-state index >= 15 is 0 Å². The first-order chi connectivity index (χ1) is 10.6. The molecule has 0 amide bonds. The average molecular weight is 319 g/mol. The highest BCUT2D eigenvalue weighted by molar-refractivity contribution is 7.71. The number of nitrogens with one attached hydrogen (secondary N) is 1. The summed E-state index contributed by atoms with van der Waals surface area (Å²) in [5.74, 6) is 0.993. The van der Waals surface area contributed by atoms with E-state index in [9.17, 15) is 5.11 Å². The molecular weight excluding hydrogens is 296 g/mol. The number of benzene rings is 1. The van der Waals surface area contributed by atoms with Gasteiger partial charge in [-0.3, -0.25) is 0 Å². The Kier molecular flexibility index (Phi) is 4.71. The molecule has 5 nitrogen and oxygen atoms in total. The van der Waals surface area contributed by atoms with Crippen molar-refractivity contribution in [2.24, 2.45) is 7.05 Å². The maximum absolute atomic E-state index is 9.60. The van der Waals surface area contributed by atoms with E-state index in [4.69, 9.17) is 17.3 Å². The molecule has 0 spiro atoms. The van der Waals surface area contributed by atoms with Gasteiger partial charge in [-0.1, -0.05) is 30.3 Å². The van der Waals surface area contributed by atoms with E-state index in [1.807, 2.05) is 34.5 Å². The van der Waals surface area contributed by atoms with Crippen LogP contribution in [0.4, 0.5) is 0 Å². The molecule has 1 aliphatic rings. The number of likely N-dealkylation sites (tertiary alicyclic amines) is 1. The standard InChI is InChI=1S/C16H22N4OS/c1-18-15(11-13-5-3-2-4-6-13)17-20(16(18)22)12-19-9-7-14(21)8-10-19/h2-6,14,21H,7-12H2,1H3/p+1. The second-order valence-corrected chi connectivity index (χ2v) is 6.42. The van der Waals surface area contributed by atoms with Gasteiger partial charge in [-0.2, -0.15) is 9.78 Å². The summed E-state index contributed by atoms with van der Waals surface area (Å²) in [6.45, 7) is 2.75. The highest BCUT2D eigenvalue weighted by Gasteiger charge is 2.21. The Balaban J connectivity index is 1.73. The Morgan fingerprint density at radius 3 is 2.64 bits per heavy atom. The fourth-order valence-electron chi connectivity index (χ4n) is 2.95. The summed E-state index contributed by atoms with van der Waals surface area (Å²) < 4.78 is 4.70. The summed E-state index contributed by atoms with van der Waals surface area (Å²) in [6, 6.07) is 10.3. The highest BCUT2D eigenvalue weighted by atomic mass is 32.1. The SMILES string of the molecule is Cn1c(Cc2ccccc2)nn(C[NH+]2CCC(O)CC2)c1=S. The van der Waals surface area contributed by atoms with Crippen molar-refractivity contribution in [3.8, 4) is 0 Å². The van der Waals surface area contributed by atoms with Crippen LogP contribution in [0.3, 0.4) is 0 Å². The van der Waals surface area contributed by atoms with Crippen LogP contribution in [-0.4, -0.2) is 38.6 Å². The first-order valence-corrected chi connectivity index (χ1v) is 8.22. The van der Waals surface area contributed by atoms with Gasteiger partial charge in [-0.15, -0.1) is 0 Å². The van der Waals surface area contributed by atoms with Crippen LogP contribution in [0.1, 0.15) is 24.2 Å². The van der Waals surface area contributed by atoms with Crippen LogP contribution >= 0.6 is 12.2 Å². The molecule has 118 valence electrons. The van der Waals surface area contributed by atoms with Crippen molar-refractivity contribution < 1.29 is 10.0 Å². The van der Waals surface area contributed by atoms with Gasteiger partial charge in [0.1, 0.15) is 5.82 Å². The van der Waals surface area contributed by atoms with Crippen LogP contribution < -0.4 is 4.90 Å². The molecule has 3 rings (SSSR count). The van der Waals surface area contributed by atoms with Crippen molar-refractivity contribution in [3.63, 3.8) is 0 Å². The molecule has 1 saturated heterocycles. The zero-order valence-electron chi connectivity index (χ0n) is 12.9. The van der Waals surface area contributed by atoms with Gasteiger partial charge in [-0.05, 0) is 17.8 Å². The normalized spacial score (nSPS) is 21.9. The molecule has 0 saturated carbocycles. The van der Waals surface area contributed by atoms with Crippen LogP contribution in [0.5, 0.6) is 0 Å². The first kappa shape index (κ1) is 15.4. The Hall–Kier alpha value is -1.50. The van der Waals surface area contributed by atoms with E-state index in [2.05, 4.69) is 12.1 Å². The molecule has 2 aromatic rings. The molecule has 2 N–H and O–H groups in total. The number of piperidine rings is 1. The van der Waals surface area contributed by atoms with E-state index in [-0.39, 0.29) is 6.10 Å². The number of aliphatic hydroxyl groups excluding tert-OH is 1. The second-order valence-electron chi connectivity index (χ2n) is 6.06. The first-order valence-electron chi connectivity index (χ1n) is 7.82. The van der Waals surface area contributed by atoms with E-state index in [0.29, 0.717) is 0 Å². The summed E-state index contributed by atoms with van der Waals surface area (Å²) in [6.07, 6.45) is 2.40. The number of aliphatic hydroxyl groups is 1. The third-order valence-electron chi connectivity index (χ3n) is 4.37. The van der Waals surface area contributed by atoms with Crippen molar-refractivity contribution in [3.05, 3.63) is 46.5 Å². The molecule has 1 aromatic carbocycles. The zero-order valence-corrected chi connectivity index (χ0v) is 13.7. The molecule has 0 bridgehead atoms. The van der Waals surface area contributed by atoms with Crippen molar-refractivity contribution in [2.45, 2.75) is 32.0 Å². The summed E-state index contributed by atoms with van der Waals surface area (Å²) in [5, 5.41) is 14.3. The lowest BCUT2D eigenvalue weighted by Gasteiger charge is -2.26. The molecule has 1 aromatic heterocycles. The van der Waals surface area contributed by atoms with Gasteiger partial charge in [-0.25, -0.2) is 0 Å². The van der Waals surface area contributed by atoms with Gasteiger partial charge in [0.05, 0.1) is 19.2 Å². The van der Waals surface area contributed by atoms with Gasteiger partial charge in [0.2, 0.25) is 4.77 Å². The van der Waals surface area contributed by atoms with Crippen LogP contribution in [0, 0.1) is 4.77 Å². The predicted octanol–water partition coefficient (Wildman–Crippen LogP) is 0.539. The molecular formula is C16H23N4OS+. The van der Waals surface area contributed by atoms with E-state index in [1.54, 1.807) is 0 Å². The Labute approximate surface area is 135 Å². The molecule has 22 heavy (non-hydrogen) atoms. The maximum atomic E-state index is 9.60. The van der Waals surface area contributed by atoms with Gasteiger partial charge in [0.15, 0.2) is 6.67 Å². The summed E-state index contributed by atoms with van der Waals surface area (Å²) in [5.41, 5.74) is 1.24. The molecule has 2 heterocycles. The third-order valence-corrected chi connectivity index (χ3v) is 4.86. The van der Waals surface area contributed by atoms with Gasteiger partial charge in [0, 0.05) is 26.3 Å². The number of aromatic nitrogens is 3. The minimum Gasteiger partial charge on any atom is -0.393 e. The molecule has 0 radical (unpaired) electrons. The smallest absolute Gasteiger partial charge is 0.202 e. The Morgan fingerprint density at radius 1 is 1.27 bits per heavy atom. The van der Waals surface area contributed by atoms with Crippen molar-refractivity contribution in [1.82, 2.24) is 14.3 Å². The number of hydrogen-bond donors (Lipinski definition) is 2. The van der Waals surface area contributed by atoms with Gasteiger partial charge < -0.3 is 14.6 Å². The predicted molar refractivity (Wildman–Crippen MR) is 87.2 cm³/mol. The minimum absolute atomic E-state index is 0.130. The highest BCUT2D eigenvalue weighted by Crippen LogP contribution is 2.07. The van der Waals surface area contributed by atoms with Gasteiger partial charge in [0.25, 0.3) is 0 Å². The monoisotopic (exact) mass is 319 g/mol. The fourth-order valence-corrected chi connectivity index (χ4v) is 3.16. The maximum Gasteiger partial charge on any atom is 0.202 e. The molecule has 0 atom stereocenters. The quantitative estimate of drug-likeness (QED) is 0.809. The lowest BCUT2D eigenvalue weighted by atomic mass is 10.1. The van der Waals surface area contributed by atoms with Crippen LogP contribution in [-0.2, 0) is 20.1 Å². The van der Waals surface area contributed by atoms with Crippen LogP contribution in [0.25, 0.3) is 0 Å².